The van der Waals surface area contributed by atoms with Gasteiger partial charge in [0.1, 0.15) is 5.60 Å². The minimum Gasteiger partial charge on any atom is -0.444 e. The SMILES string of the molecule is CC(=O)N1c2ccc(C3=CCN(C(=O)OC(C)(C)C)CC3)cc2[C@H](Nc2ccc(C#N)cc2)[C@@H](C)[C@@H]1C1CC1. The lowest BCUT2D eigenvalue weighted by Gasteiger charge is -2.46. The van der Waals surface area contributed by atoms with Gasteiger partial charge < -0.3 is 19.9 Å². The number of fused-ring (bicyclic) bond motifs is 1. The van der Waals surface area contributed by atoms with Crippen molar-refractivity contribution in [1.29, 1.82) is 5.26 Å². The summed E-state index contributed by atoms with van der Waals surface area (Å²) in [4.78, 5) is 29.3. The average Bonchev–Trinajstić information content (AvgIpc) is 3.74. The zero-order chi connectivity index (χ0) is 27.9. The lowest BCUT2D eigenvalue weighted by atomic mass is 9.78. The molecule has 1 aliphatic carbocycles. The number of carbonyl (C=O) groups excluding carboxylic acids is 2. The van der Waals surface area contributed by atoms with Crippen LogP contribution in [0.25, 0.3) is 5.57 Å². The van der Waals surface area contributed by atoms with Gasteiger partial charge in [0, 0.05) is 43.3 Å². The highest BCUT2D eigenvalue weighted by Crippen LogP contribution is 2.50. The molecule has 0 bridgehead atoms. The molecule has 5 rings (SSSR count). The molecule has 7 nitrogen and oxygen atoms in total. The van der Waals surface area contributed by atoms with Crippen LogP contribution in [0.15, 0.2) is 48.5 Å². The predicted octanol–water partition coefficient (Wildman–Crippen LogP) is 6.52. The Bertz CT molecular complexity index is 1330. The van der Waals surface area contributed by atoms with Gasteiger partial charge in [0.2, 0.25) is 5.91 Å². The van der Waals surface area contributed by atoms with Crippen LogP contribution in [0.5, 0.6) is 0 Å². The molecule has 3 aliphatic rings. The van der Waals surface area contributed by atoms with Crippen LogP contribution in [0.2, 0.25) is 0 Å². The molecule has 0 saturated heterocycles. The van der Waals surface area contributed by atoms with Gasteiger partial charge in [-0.15, -0.1) is 0 Å². The predicted molar refractivity (Wildman–Crippen MR) is 153 cm³/mol. The van der Waals surface area contributed by atoms with E-state index in [1.807, 2.05) is 49.9 Å². The number of nitrogens with one attached hydrogen (secondary N) is 1. The minimum absolute atomic E-state index is 0.0107. The van der Waals surface area contributed by atoms with Gasteiger partial charge in [-0.25, -0.2) is 4.79 Å². The molecule has 2 aromatic rings. The first-order chi connectivity index (χ1) is 18.6. The number of anilines is 2. The molecule has 0 unspecified atom stereocenters. The number of amides is 2. The zero-order valence-corrected chi connectivity index (χ0v) is 23.5. The van der Waals surface area contributed by atoms with Crippen LogP contribution in [0, 0.1) is 23.2 Å². The number of nitriles is 1. The molecule has 2 amide bonds. The summed E-state index contributed by atoms with van der Waals surface area (Å²) in [7, 11) is 0. The smallest absolute Gasteiger partial charge is 0.410 e. The molecule has 7 heteroatoms. The van der Waals surface area contributed by atoms with Crippen molar-refractivity contribution in [1.82, 2.24) is 4.90 Å². The molecule has 1 fully saturated rings. The Balaban J connectivity index is 1.48. The standard InChI is InChI=1S/C32H38N4O3/c1-20-29(34-26-11-6-22(19-33)7-12-26)27-18-25(10-13-28(27)36(21(2)37)30(20)24-8-9-24)23-14-16-35(17-15-23)31(38)39-32(3,4)5/h6-7,10-14,18,20,24,29-30,34H,8-9,15-17H2,1-5H3/t20-,29-,30-/m1/s1. The first-order valence-electron chi connectivity index (χ1n) is 13.9. The maximum absolute atomic E-state index is 13.0. The Morgan fingerprint density at radius 1 is 1.10 bits per heavy atom. The topological polar surface area (TPSA) is 85.7 Å². The molecular formula is C32H38N4O3. The third kappa shape index (κ3) is 5.66. The van der Waals surface area contributed by atoms with Crippen LogP contribution in [0.1, 0.15) is 76.6 Å². The number of ether oxygens (including phenoxy) is 1. The molecule has 204 valence electrons. The van der Waals surface area contributed by atoms with Gasteiger partial charge in [-0.05, 0) is 99.0 Å². The van der Waals surface area contributed by atoms with Gasteiger partial charge in [-0.3, -0.25) is 4.79 Å². The Morgan fingerprint density at radius 3 is 2.38 bits per heavy atom. The summed E-state index contributed by atoms with van der Waals surface area (Å²) >= 11 is 0. The van der Waals surface area contributed by atoms with E-state index in [1.54, 1.807) is 11.8 Å². The van der Waals surface area contributed by atoms with Gasteiger partial charge in [-0.1, -0.05) is 19.1 Å². The van der Waals surface area contributed by atoms with Crippen LogP contribution in [0.3, 0.4) is 0 Å². The number of rotatable bonds is 4. The normalized spacial score (nSPS) is 22.9. The summed E-state index contributed by atoms with van der Waals surface area (Å²) in [5.41, 5.74) is 5.45. The molecule has 1 N–H and O–H groups in total. The quantitative estimate of drug-likeness (QED) is 0.490. The first kappa shape index (κ1) is 26.8. The number of nitrogens with zero attached hydrogens (tertiary/aromatic N) is 3. The highest BCUT2D eigenvalue weighted by molar-refractivity contribution is 5.94. The first-order valence-corrected chi connectivity index (χ1v) is 13.9. The highest BCUT2D eigenvalue weighted by atomic mass is 16.6. The van der Waals surface area contributed by atoms with E-state index in [0.717, 1.165) is 41.8 Å². The summed E-state index contributed by atoms with van der Waals surface area (Å²) < 4.78 is 5.55. The van der Waals surface area contributed by atoms with Crippen LogP contribution in [-0.2, 0) is 9.53 Å². The van der Waals surface area contributed by atoms with E-state index in [0.29, 0.717) is 24.6 Å². The fraction of sp³-hybridized carbons (Fsp3) is 0.469. The Morgan fingerprint density at radius 2 is 1.82 bits per heavy atom. The molecule has 3 atom stereocenters. The van der Waals surface area contributed by atoms with E-state index >= 15 is 0 Å². The second-order valence-electron chi connectivity index (χ2n) is 12.1. The van der Waals surface area contributed by atoms with Crippen molar-refractivity contribution in [3.05, 3.63) is 65.2 Å². The molecule has 0 radical (unpaired) electrons. The second-order valence-corrected chi connectivity index (χ2v) is 12.1. The largest absolute Gasteiger partial charge is 0.444 e. The van der Waals surface area contributed by atoms with Gasteiger partial charge in [0.15, 0.2) is 0 Å². The van der Waals surface area contributed by atoms with E-state index in [9.17, 15) is 14.9 Å². The van der Waals surface area contributed by atoms with Crippen molar-refractivity contribution in [2.45, 2.75) is 71.6 Å². The van der Waals surface area contributed by atoms with Crippen molar-refractivity contribution < 1.29 is 14.3 Å². The number of carbonyl (C=O) groups is 2. The molecule has 39 heavy (non-hydrogen) atoms. The average molecular weight is 527 g/mol. The Labute approximate surface area is 231 Å². The lowest BCUT2D eigenvalue weighted by Crippen LogP contribution is -2.51. The number of hydrogen-bond acceptors (Lipinski definition) is 5. The van der Waals surface area contributed by atoms with E-state index in [4.69, 9.17) is 4.74 Å². The monoisotopic (exact) mass is 526 g/mol. The van der Waals surface area contributed by atoms with Gasteiger partial charge in [-0.2, -0.15) is 5.26 Å². The lowest BCUT2D eigenvalue weighted by molar-refractivity contribution is -0.117. The molecule has 0 aromatic heterocycles. The van der Waals surface area contributed by atoms with E-state index < -0.39 is 5.60 Å². The van der Waals surface area contributed by atoms with Crippen molar-refractivity contribution in [3.8, 4) is 6.07 Å². The highest BCUT2D eigenvalue weighted by Gasteiger charge is 2.47. The van der Waals surface area contributed by atoms with Crippen molar-refractivity contribution >= 4 is 28.9 Å². The maximum atomic E-state index is 13.0. The molecular weight excluding hydrogens is 488 g/mol. The van der Waals surface area contributed by atoms with Crippen LogP contribution in [-0.4, -0.2) is 41.6 Å². The number of hydrogen-bond donors (Lipinski definition) is 1. The van der Waals surface area contributed by atoms with E-state index in [2.05, 4.69) is 42.6 Å². The fourth-order valence-corrected chi connectivity index (χ4v) is 6.01. The maximum Gasteiger partial charge on any atom is 0.410 e. The third-order valence-electron chi connectivity index (χ3n) is 8.00. The summed E-state index contributed by atoms with van der Waals surface area (Å²) in [6.07, 6.45) is 4.86. The van der Waals surface area contributed by atoms with Gasteiger partial charge in [0.05, 0.1) is 17.7 Å². The Hall–Kier alpha value is -3.79. The molecule has 0 spiro atoms. The van der Waals surface area contributed by atoms with E-state index in [-0.39, 0.29) is 30.0 Å². The fourth-order valence-electron chi connectivity index (χ4n) is 6.01. The molecule has 2 aliphatic heterocycles. The Kier molecular flexibility index (Phi) is 7.15. The van der Waals surface area contributed by atoms with Gasteiger partial charge >= 0.3 is 6.09 Å². The van der Waals surface area contributed by atoms with Crippen molar-refractivity contribution in [3.63, 3.8) is 0 Å². The van der Waals surface area contributed by atoms with E-state index in [1.165, 1.54) is 5.57 Å². The summed E-state index contributed by atoms with van der Waals surface area (Å²) in [6.45, 7) is 10.7. The van der Waals surface area contributed by atoms with Crippen LogP contribution in [0.4, 0.5) is 16.2 Å². The second kappa shape index (κ2) is 10.4. The summed E-state index contributed by atoms with van der Waals surface area (Å²) in [5, 5.41) is 13.0. The molecule has 2 heterocycles. The van der Waals surface area contributed by atoms with Crippen LogP contribution >= 0.6 is 0 Å². The van der Waals surface area contributed by atoms with Crippen LogP contribution < -0.4 is 10.2 Å². The molecule has 1 saturated carbocycles. The van der Waals surface area contributed by atoms with Crippen molar-refractivity contribution in [2.75, 3.05) is 23.3 Å². The summed E-state index contributed by atoms with van der Waals surface area (Å²) in [6, 6.07) is 16.3. The number of benzene rings is 2. The van der Waals surface area contributed by atoms with Gasteiger partial charge in [0.25, 0.3) is 0 Å². The zero-order valence-electron chi connectivity index (χ0n) is 23.5. The third-order valence-corrected chi connectivity index (χ3v) is 8.00. The molecule has 2 aromatic carbocycles. The van der Waals surface area contributed by atoms with Crippen molar-refractivity contribution in [2.24, 2.45) is 11.8 Å². The summed E-state index contributed by atoms with van der Waals surface area (Å²) in [5.74, 6) is 0.791. The minimum atomic E-state index is -0.520.